The van der Waals surface area contributed by atoms with Crippen molar-refractivity contribution in [1.29, 1.82) is 0 Å². The standard InChI is InChI=1S/C19H21N5/c1-14-8-9-17(12-15(14)2)23-19(20)21-13-16-6-3-4-7-18(16)24-11-5-10-22-24/h3-12H,13H2,1-2H3,(H3,20,21,23). The highest BCUT2D eigenvalue weighted by atomic mass is 15.3. The van der Waals surface area contributed by atoms with Gasteiger partial charge in [-0.25, -0.2) is 9.67 Å². The van der Waals surface area contributed by atoms with E-state index in [1.165, 1.54) is 11.1 Å². The predicted molar refractivity (Wildman–Crippen MR) is 98.4 cm³/mol. The molecule has 3 N–H and O–H groups in total. The molecule has 1 aromatic heterocycles. The predicted octanol–water partition coefficient (Wildman–Crippen LogP) is 3.42. The quantitative estimate of drug-likeness (QED) is 0.572. The zero-order chi connectivity index (χ0) is 16.9. The van der Waals surface area contributed by atoms with Crippen molar-refractivity contribution in [3.05, 3.63) is 77.6 Å². The van der Waals surface area contributed by atoms with E-state index < -0.39 is 0 Å². The molecule has 5 nitrogen and oxygen atoms in total. The summed E-state index contributed by atoms with van der Waals surface area (Å²) < 4.78 is 1.83. The van der Waals surface area contributed by atoms with Crippen LogP contribution in [0.1, 0.15) is 16.7 Å². The van der Waals surface area contributed by atoms with Gasteiger partial charge in [0.15, 0.2) is 5.96 Å². The molecule has 0 saturated heterocycles. The number of hydrogen-bond donors (Lipinski definition) is 2. The van der Waals surface area contributed by atoms with Crippen molar-refractivity contribution in [2.75, 3.05) is 5.32 Å². The van der Waals surface area contributed by atoms with Crippen molar-refractivity contribution in [2.45, 2.75) is 20.4 Å². The van der Waals surface area contributed by atoms with Crippen LogP contribution in [0.5, 0.6) is 0 Å². The lowest BCUT2D eigenvalue weighted by molar-refractivity contribution is 0.858. The first-order chi connectivity index (χ1) is 11.6. The van der Waals surface area contributed by atoms with Crippen LogP contribution in [0.3, 0.4) is 0 Å². The first kappa shape index (κ1) is 15.8. The van der Waals surface area contributed by atoms with E-state index >= 15 is 0 Å². The summed E-state index contributed by atoms with van der Waals surface area (Å²) in [5.41, 5.74) is 11.5. The van der Waals surface area contributed by atoms with Gasteiger partial charge in [0.1, 0.15) is 0 Å². The van der Waals surface area contributed by atoms with Crippen LogP contribution in [-0.4, -0.2) is 15.7 Å². The van der Waals surface area contributed by atoms with Crippen LogP contribution < -0.4 is 11.1 Å². The highest BCUT2D eigenvalue weighted by Gasteiger charge is 2.04. The molecule has 2 aromatic carbocycles. The Morgan fingerprint density at radius 1 is 1.12 bits per heavy atom. The Balaban J connectivity index is 1.75. The van der Waals surface area contributed by atoms with Crippen molar-refractivity contribution in [2.24, 2.45) is 10.7 Å². The molecule has 122 valence electrons. The van der Waals surface area contributed by atoms with E-state index in [9.17, 15) is 0 Å². The fraction of sp³-hybridized carbons (Fsp3) is 0.158. The van der Waals surface area contributed by atoms with Gasteiger partial charge < -0.3 is 11.1 Å². The summed E-state index contributed by atoms with van der Waals surface area (Å²) in [6.07, 6.45) is 3.68. The highest BCUT2D eigenvalue weighted by Crippen LogP contribution is 2.16. The maximum atomic E-state index is 6.03. The van der Waals surface area contributed by atoms with E-state index in [-0.39, 0.29) is 0 Å². The van der Waals surface area contributed by atoms with E-state index in [1.54, 1.807) is 6.20 Å². The van der Waals surface area contributed by atoms with Crippen LogP contribution in [0, 0.1) is 13.8 Å². The second-order valence-corrected chi connectivity index (χ2v) is 5.70. The molecule has 0 spiro atoms. The fourth-order valence-electron chi connectivity index (χ4n) is 2.46. The van der Waals surface area contributed by atoms with E-state index in [1.807, 2.05) is 47.3 Å². The number of anilines is 1. The smallest absolute Gasteiger partial charge is 0.193 e. The van der Waals surface area contributed by atoms with Crippen LogP contribution in [0.2, 0.25) is 0 Å². The molecule has 0 saturated carbocycles. The number of nitrogens with one attached hydrogen (secondary N) is 1. The minimum Gasteiger partial charge on any atom is -0.370 e. The lowest BCUT2D eigenvalue weighted by atomic mass is 10.1. The highest BCUT2D eigenvalue weighted by molar-refractivity contribution is 5.92. The SMILES string of the molecule is Cc1ccc(NC(N)=NCc2ccccc2-n2cccn2)cc1C. The third-order valence-electron chi connectivity index (χ3n) is 3.94. The molecular weight excluding hydrogens is 298 g/mol. The minimum atomic E-state index is 0.397. The van der Waals surface area contributed by atoms with Crippen molar-refractivity contribution < 1.29 is 0 Å². The molecule has 0 atom stereocenters. The topological polar surface area (TPSA) is 68.2 Å². The van der Waals surface area contributed by atoms with Crippen molar-refractivity contribution in [1.82, 2.24) is 9.78 Å². The molecule has 0 aliphatic heterocycles. The van der Waals surface area contributed by atoms with Gasteiger partial charge >= 0.3 is 0 Å². The van der Waals surface area contributed by atoms with Crippen LogP contribution in [0.15, 0.2) is 65.9 Å². The molecule has 0 aliphatic carbocycles. The second-order valence-electron chi connectivity index (χ2n) is 5.70. The number of guanidine groups is 1. The zero-order valence-corrected chi connectivity index (χ0v) is 13.9. The number of benzene rings is 2. The number of nitrogens with zero attached hydrogens (tertiary/aromatic N) is 3. The van der Waals surface area contributed by atoms with E-state index in [0.29, 0.717) is 12.5 Å². The lowest BCUT2D eigenvalue weighted by Crippen LogP contribution is -2.22. The van der Waals surface area contributed by atoms with Gasteiger partial charge in [-0.3, -0.25) is 0 Å². The van der Waals surface area contributed by atoms with Gasteiger partial charge in [-0.1, -0.05) is 24.3 Å². The van der Waals surface area contributed by atoms with Gasteiger partial charge in [-0.2, -0.15) is 5.10 Å². The number of rotatable bonds is 4. The third kappa shape index (κ3) is 3.63. The molecular formula is C19H21N5. The number of nitrogens with two attached hydrogens (primary N) is 1. The van der Waals surface area contributed by atoms with Gasteiger partial charge in [0.05, 0.1) is 12.2 Å². The van der Waals surface area contributed by atoms with Crippen molar-refractivity contribution >= 4 is 11.6 Å². The van der Waals surface area contributed by atoms with Gasteiger partial charge in [0.25, 0.3) is 0 Å². The molecule has 1 heterocycles. The Morgan fingerprint density at radius 2 is 1.96 bits per heavy atom. The maximum Gasteiger partial charge on any atom is 0.193 e. The number of aryl methyl sites for hydroxylation is 2. The molecule has 0 radical (unpaired) electrons. The Hall–Kier alpha value is -3.08. The Bertz CT molecular complexity index is 850. The largest absolute Gasteiger partial charge is 0.370 e. The van der Waals surface area contributed by atoms with Crippen LogP contribution >= 0.6 is 0 Å². The van der Waals surface area contributed by atoms with Crippen LogP contribution in [0.25, 0.3) is 5.69 Å². The molecule has 0 fully saturated rings. The Morgan fingerprint density at radius 3 is 2.71 bits per heavy atom. The van der Waals surface area contributed by atoms with Crippen LogP contribution in [0.4, 0.5) is 5.69 Å². The first-order valence-corrected chi connectivity index (χ1v) is 7.85. The van der Waals surface area contributed by atoms with Crippen LogP contribution in [-0.2, 0) is 6.54 Å². The molecule has 3 rings (SSSR count). The van der Waals surface area contributed by atoms with E-state index in [4.69, 9.17) is 5.73 Å². The summed E-state index contributed by atoms with van der Waals surface area (Å²) >= 11 is 0. The summed E-state index contributed by atoms with van der Waals surface area (Å²) in [6.45, 7) is 4.65. The van der Waals surface area contributed by atoms with Gasteiger partial charge in [-0.05, 0) is 54.8 Å². The summed E-state index contributed by atoms with van der Waals surface area (Å²) in [6, 6.07) is 16.1. The molecule has 24 heavy (non-hydrogen) atoms. The van der Waals surface area contributed by atoms with E-state index in [0.717, 1.165) is 16.9 Å². The van der Waals surface area contributed by atoms with E-state index in [2.05, 4.69) is 41.4 Å². The van der Waals surface area contributed by atoms with Crippen molar-refractivity contribution in [3.8, 4) is 5.69 Å². The molecule has 0 bridgehead atoms. The number of aromatic nitrogens is 2. The third-order valence-corrected chi connectivity index (χ3v) is 3.94. The molecule has 0 amide bonds. The first-order valence-electron chi connectivity index (χ1n) is 7.85. The number of hydrogen-bond acceptors (Lipinski definition) is 2. The summed E-state index contributed by atoms with van der Waals surface area (Å²) in [4.78, 5) is 4.45. The van der Waals surface area contributed by atoms with Gasteiger partial charge in [-0.15, -0.1) is 0 Å². The monoisotopic (exact) mass is 319 g/mol. The normalized spacial score (nSPS) is 11.5. The molecule has 0 unspecified atom stereocenters. The second kappa shape index (κ2) is 7.00. The summed E-state index contributed by atoms with van der Waals surface area (Å²) in [5, 5.41) is 7.42. The molecule has 5 heteroatoms. The minimum absolute atomic E-state index is 0.397. The maximum absolute atomic E-state index is 6.03. The van der Waals surface area contributed by atoms with Gasteiger partial charge in [0, 0.05) is 18.1 Å². The summed E-state index contributed by atoms with van der Waals surface area (Å²) in [7, 11) is 0. The number of aliphatic imine (C=N–C) groups is 1. The zero-order valence-electron chi connectivity index (χ0n) is 13.9. The van der Waals surface area contributed by atoms with Gasteiger partial charge in [0.2, 0.25) is 0 Å². The average molecular weight is 319 g/mol. The Labute approximate surface area is 141 Å². The average Bonchev–Trinajstić information content (AvgIpc) is 3.11. The lowest BCUT2D eigenvalue weighted by Gasteiger charge is -2.10. The Kier molecular flexibility index (Phi) is 4.61. The fourth-order valence-corrected chi connectivity index (χ4v) is 2.46. The molecule has 3 aromatic rings. The number of para-hydroxylation sites is 1. The van der Waals surface area contributed by atoms with Crippen molar-refractivity contribution in [3.63, 3.8) is 0 Å². The summed E-state index contributed by atoms with van der Waals surface area (Å²) in [5.74, 6) is 0.397. The molecule has 0 aliphatic rings.